The van der Waals surface area contributed by atoms with E-state index in [2.05, 4.69) is 5.32 Å². The number of hydrogen-bond acceptors (Lipinski definition) is 2. The molecule has 0 aliphatic carbocycles. The van der Waals surface area contributed by atoms with Gasteiger partial charge in [0.05, 0.1) is 12.0 Å². The fourth-order valence-corrected chi connectivity index (χ4v) is 2.62. The van der Waals surface area contributed by atoms with Crippen LogP contribution in [0.4, 0.5) is 4.79 Å². The molecular weight excluding hydrogens is 268 g/mol. The zero-order valence-corrected chi connectivity index (χ0v) is 12.7. The minimum atomic E-state index is -0.798. The smallest absolute Gasteiger partial charge is 0.317 e. The van der Waals surface area contributed by atoms with Crippen molar-refractivity contribution < 1.29 is 14.7 Å². The number of aliphatic carboxylic acids is 1. The van der Waals surface area contributed by atoms with Crippen molar-refractivity contribution in [1.29, 1.82) is 0 Å². The fraction of sp³-hybridized carbons (Fsp3) is 0.500. The summed E-state index contributed by atoms with van der Waals surface area (Å²) >= 11 is 0. The lowest BCUT2D eigenvalue weighted by Crippen LogP contribution is -2.56. The van der Waals surface area contributed by atoms with E-state index < -0.39 is 11.9 Å². The lowest BCUT2D eigenvalue weighted by molar-refractivity contribution is -0.144. The number of amides is 2. The molecule has 5 heteroatoms. The molecule has 0 radical (unpaired) electrons. The number of nitrogens with one attached hydrogen (secondary N) is 1. The lowest BCUT2D eigenvalue weighted by atomic mass is 9.87. The number of likely N-dealkylation sites (tertiary alicyclic amines) is 1. The van der Waals surface area contributed by atoms with Crippen LogP contribution >= 0.6 is 0 Å². The van der Waals surface area contributed by atoms with Crippen LogP contribution in [0.5, 0.6) is 0 Å². The second-order valence-electron chi connectivity index (χ2n) is 5.82. The van der Waals surface area contributed by atoms with Gasteiger partial charge in [0.2, 0.25) is 0 Å². The zero-order chi connectivity index (χ0) is 15.6. The Kier molecular flexibility index (Phi) is 4.50. The first kappa shape index (κ1) is 15.4. The maximum atomic E-state index is 12.1. The van der Waals surface area contributed by atoms with E-state index in [-0.39, 0.29) is 18.0 Å². The second-order valence-corrected chi connectivity index (χ2v) is 5.82. The molecule has 2 amide bonds. The molecule has 1 aromatic rings. The van der Waals surface area contributed by atoms with Gasteiger partial charge in [-0.1, -0.05) is 31.2 Å². The Hall–Kier alpha value is -2.04. The Morgan fingerprint density at radius 2 is 1.90 bits per heavy atom. The topological polar surface area (TPSA) is 69.6 Å². The molecule has 0 spiro atoms. The quantitative estimate of drug-likeness (QED) is 0.894. The molecule has 114 valence electrons. The Morgan fingerprint density at radius 3 is 2.48 bits per heavy atom. The number of carboxylic acids is 1. The number of hydrogen-bond donors (Lipinski definition) is 2. The molecule has 1 aliphatic heterocycles. The maximum Gasteiger partial charge on any atom is 0.317 e. The van der Waals surface area contributed by atoms with Crippen LogP contribution in [-0.2, 0) is 4.79 Å². The van der Waals surface area contributed by atoms with E-state index in [0.717, 1.165) is 11.1 Å². The van der Waals surface area contributed by atoms with Gasteiger partial charge in [0.1, 0.15) is 0 Å². The van der Waals surface area contributed by atoms with Gasteiger partial charge in [-0.2, -0.15) is 0 Å². The highest BCUT2D eigenvalue weighted by Crippen LogP contribution is 2.25. The zero-order valence-electron chi connectivity index (χ0n) is 12.7. The first-order valence-corrected chi connectivity index (χ1v) is 7.24. The van der Waals surface area contributed by atoms with E-state index in [1.54, 1.807) is 11.8 Å². The number of carbonyl (C=O) groups excluding carboxylic acids is 1. The van der Waals surface area contributed by atoms with Gasteiger partial charge in [-0.25, -0.2) is 4.79 Å². The van der Waals surface area contributed by atoms with Gasteiger partial charge in [0, 0.05) is 19.0 Å². The average Bonchev–Trinajstić information content (AvgIpc) is 2.36. The molecule has 1 fully saturated rings. The van der Waals surface area contributed by atoms with Gasteiger partial charge in [-0.05, 0) is 25.0 Å². The normalized spacial score (nSPS) is 17.8. The predicted molar refractivity (Wildman–Crippen MR) is 80.0 cm³/mol. The Morgan fingerprint density at radius 1 is 1.29 bits per heavy atom. The summed E-state index contributed by atoms with van der Waals surface area (Å²) < 4.78 is 0. The molecule has 0 bridgehead atoms. The van der Waals surface area contributed by atoms with Crippen LogP contribution in [0.3, 0.4) is 0 Å². The predicted octanol–water partition coefficient (Wildman–Crippen LogP) is 2.42. The van der Waals surface area contributed by atoms with E-state index in [4.69, 9.17) is 5.11 Å². The van der Waals surface area contributed by atoms with Crippen LogP contribution in [0, 0.1) is 18.8 Å². The van der Waals surface area contributed by atoms with Gasteiger partial charge in [-0.3, -0.25) is 4.79 Å². The van der Waals surface area contributed by atoms with Crippen LogP contribution in [0.25, 0.3) is 0 Å². The summed E-state index contributed by atoms with van der Waals surface area (Å²) in [6.45, 7) is 6.70. The van der Waals surface area contributed by atoms with Crippen LogP contribution in [0.1, 0.15) is 31.0 Å². The SMILES string of the molecule is Cc1ccccc1C(C)NC(=O)N1CC(C(C)C(=O)O)C1. The summed E-state index contributed by atoms with van der Waals surface area (Å²) in [6, 6.07) is 7.77. The molecule has 1 saturated heterocycles. The number of benzene rings is 1. The molecule has 1 aromatic carbocycles. The van der Waals surface area contributed by atoms with Gasteiger partial charge < -0.3 is 15.3 Å². The molecule has 1 aliphatic rings. The van der Waals surface area contributed by atoms with Gasteiger partial charge >= 0.3 is 12.0 Å². The van der Waals surface area contributed by atoms with Crippen molar-refractivity contribution in [1.82, 2.24) is 10.2 Å². The van der Waals surface area contributed by atoms with Gasteiger partial charge in [0.15, 0.2) is 0 Å². The van der Waals surface area contributed by atoms with Crippen molar-refractivity contribution in [3.63, 3.8) is 0 Å². The molecular formula is C16H22N2O3. The largest absolute Gasteiger partial charge is 0.481 e. The summed E-state index contributed by atoms with van der Waals surface area (Å²) in [5.41, 5.74) is 2.24. The highest BCUT2D eigenvalue weighted by Gasteiger charge is 2.37. The number of aryl methyl sites for hydroxylation is 1. The number of carbonyl (C=O) groups is 2. The van der Waals surface area contributed by atoms with Crippen molar-refractivity contribution in [2.45, 2.75) is 26.8 Å². The minimum absolute atomic E-state index is 0.0574. The molecule has 5 nitrogen and oxygen atoms in total. The van der Waals surface area contributed by atoms with Crippen molar-refractivity contribution in [2.75, 3.05) is 13.1 Å². The molecule has 0 aromatic heterocycles. The van der Waals surface area contributed by atoms with Crippen LogP contribution < -0.4 is 5.32 Å². The van der Waals surface area contributed by atoms with Gasteiger partial charge in [-0.15, -0.1) is 0 Å². The summed E-state index contributed by atoms with van der Waals surface area (Å²) in [5, 5.41) is 11.9. The minimum Gasteiger partial charge on any atom is -0.481 e. The highest BCUT2D eigenvalue weighted by atomic mass is 16.4. The third-order valence-corrected chi connectivity index (χ3v) is 4.29. The number of nitrogens with zero attached hydrogens (tertiary/aromatic N) is 1. The van der Waals surface area contributed by atoms with Crippen LogP contribution in [0.2, 0.25) is 0 Å². The van der Waals surface area contributed by atoms with Crippen LogP contribution in [0.15, 0.2) is 24.3 Å². The Balaban J connectivity index is 1.87. The molecule has 1 heterocycles. The third kappa shape index (κ3) is 3.35. The fourth-order valence-electron chi connectivity index (χ4n) is 2.62. The van der Waals surface area contributed by atoms with Gasteiger partial charge in [0.25, 0.3) is 0 Å². The first-order chi connectivity index (χ1) is 9.90. The van der Waals surface area contributed by atoms with E-state index in [9.17, 15) is 9.59 Å². The standard InChI is InChI=1S/C16H22N2O3/c1-10-6-4-5-7-14(10)12(3)17-16(21)18-8-13(9-18)11(2)15(19)20/h4-7,11-13H,8-9H2,1-3H3,(H,17,21)(H,19,20). The van der Waals surface area contributed by atoms with Crippen molar-refractivity contribution in [3.05, 3.63) is 35.4 Å². The van der Waals surface area contributed by atoms with E-state index >= 15 is 0 Å². The van der Waals surface area contributed by atoms with E-state index in [1.165, 1.54) is 0 Å². The number of rotatable bonds is 4. The summed E-state index contributed by atoms with van der Waals surface area (Å²) in [5.74, 6) is -1.14. The summed E-state index contributed by atoms with van der Waals surface area (Å²) in [4.78, 5) is 24.7. The highest BCUT2D eigenvalue weighted by molar-refractivity contribution is 5.76. The Bertz CT molecular complexity index is 538. The number of urea groups is 1. The second kappa shape index (κ2) is 6.16. The molecule has 0 saturated carbocycles. The molecule has 21 heavy (non-hydrogen) atoms. The van der Waals surface area contributed by atoms with Crippen molar-refractivity contribution >= 4 is 12.0 Å². The third-order valence-electron chi connectivity index (χ3n) is 4.29. The summed E-state index contributed by atoms with van der Waals surface area (Å²) in [7, 11) is 0. The Labute approximate surface area is 125 Å². The van der Waals surface area contributed by atoms with Crippen molar-refractivity contribution in [2.24, 2.45) is 11.8 Å². The average molecular weight is 290 g/mol. The number of carboxylic acid groups (broad SMARTS) is 1. The van der Waals surface area contributed by atoms with Crippen LogP contribution in [-0.4, -0.2) is 35.1 Å². The van der Waals surface area contributed by atoms with E-state index in [0.29, 0.717) is 13.1 Å². The molecule has 2 atom stereocenters. The monoisotopic (exact) mass is 290 g/mol. The molecule has 2 rings (SSSR count). The molecule has 2 unspecified atom stereocenters. The lowest BCUT2D eigenvalue weighted by Gasteiger charge is -2.41. The maximum absolute atomic E-state index is 12.1. The van der Waals surface area contributed by atoms with Crippen molar-refractivity contribution in [3.8, 4) is 0 Å². The first-order valence-electron chi connectivity index (χ1n) is 7.24. The molecule has 2 N–H and O–H groups in total. The van der Waals surface area contributed by atoms with E-state index in [1.807, 2.05) is 38.1 Å². The summed E-state index contributed by atoms with van der Waals surface area (Å²) in [6.07, 6.45) is 0.